The van der Waals surface area contributed by atoms with Crippen molar-refractivity contribution >= 4 is 11.9 Å². The molecule has 2 saturated heterocycles. The van der Waals surface area contributed by atoms with Gasteiger partial charge >= 0.3 is 5.97 Å². The Balaban J connectivity index is 2.12. The van der Waals surface area contributed by atoms with Crippen molar-refractivity contribution in [3.63, 3.8) is 0 Å². The number of carbonyl (C=O) groups excluding carboxylic acids is 2. The molecular formula is C9H14N2O3. The lowest BCUT2D eigenvalue weighted by atomic mass is 10.0. The molecule has 0 unspecified atom stereocenters. The summed E-state index contributed by atoms with van der Waals surface area (Å²) in [5.74, 6) is -0.111. The smallest absolute Gasteiger partial charge is 0.325 e. The van der Waals surface area contributed by atoms with E-state index >= 15 is 0 Å². The number of amides is 1. The van der Waals surface area contributed by atoms with Crippen LogP contribution >= 0.6 is 0 Å². The maximum Gasteiger partial charge on any atom is 0.325 e. The quantitative estimate of drug-likeness (QED) is 0.556. The fourth-order valence-corrected chi connectivity index (χ4v) is 2.24. The fraction of sp³-hybridized carbons (Fsp3) is 0.778. The summed E-state index contributed by atoms with van der Waals surface area (Å²) >= 11 is 0. The lowest BCUT2D eigenvalue weighted by molar-refractivity contribution is -0.146. The Morgan fingerprint density at radius 1 is 1.64 bits per heavy atom. The molecule has 0 spiro atoms. The van der Waals surface area contributed by atoms with Crippen LogP contribution in [-0.2, 0) is 14.3 Å². The van der Waals surface area contributed by atoms with E-state index in [-0.39, 0.29) is 24.0 Å². The van der Waals surface area contributed by atoms with Gasteiger partial charge in [-0.1, -0.05) is 0 Å². The minimum absolute atomic E-state index is 0.00343. The topological polar surface area (TPSA) is 58.6 Å². The number of hydrogen-bond donors (Lipinski definition) is 1. The second kappa shape index (κ2) is 3.57. The molecule has 5 heteroatoms. The third-order valence-electron chi connectivity index (χ3n) is 2.93. The summed E-state index contributed by atoms with van der Waals surface area (Å²) in [6.45, 7) is 1.37. The van der Waals surface area contributed by atoms with Crippen LogP contribution in [0.25, 0.3) is 0 Å². The van der Waals surface area contributed by atoms with Crippen molar-refractivity contribution in [3.05, 3.63) is 0 Å². The number of carbonyl (C=O) groups is 2. The standard InChI is InChI=1S/C9H14N2O3/c1-14-9(13)8-6-2-3-7(12)11(6)5-4-10-8/h6,8,10H,2-5H2,1H3/t6-,8+/m0/s1. The summed E-state index contributed by atoms with van der Waals surface area (Å²) in [5.41, 5.74) is 0. The molecule has 2 fully saturated rings. The lowest BCUT2D eigenvalue weighted by Gasteiger charge is -2.35. The fourth-order valence-electron chi connectivity index (χ4n) is 2.24. The van der Waals surface area contributed by atoms with E-state index in [1.54, 1.807) is 4.90 Å². The second-order valence-corrected chi connectivity index (χ2v) is 3.65. The molecule has 0 radical (unpaired) electrons. The zero-order valence-corrected chi connectivity index (χ0v) is 8.16. The average molecular weight is 198 g/mol. The minimum Gasteiger partial charge on any atom is -0.468 e. The Labute approximate surface area is 82.4 Å². The predicted molar refractivity (Wildman–Crippen MR) is 48.5 cm³/mol. The summed E-state index contributed by atoms with van der Waals surface area (Å²) in [6, 6.07) is -0.330. The van der Waals surface area contributed by atoms with Crippen molar-refractivity contribution in [2.75, 3.05) is 20.2 Å². The summed E-state index contributed by atoms with van der Waals surface area (Å²) in [6.07, 6.45) is 1.31. The van der Waals surface area contributed by atoms with Gasteiger partial charge in [-0.3, -0.25) is 9.59 Å². The largest absolute Gasteiger partial charge is 0.468 e. The Kier molecular flexibility index (Phi) is 2.41. The number of hydrogen-bond acceptors (Lipinski definition) is 4. The van der Waals surface area contributed by atoms with Crippen LogP contribution in [0.2, 0.25) is 0 Å². The van der Waals surface area contributed by atoms with Crippen molar-refractivity contribution in [1.82, 2.24) is 10.2 Å². The number of nitrogens with zero attached hydrogens (tertiary/aromatic N) is 1. The first kappa shape index (κ1) is 9.45. The van der Waals surface area contributed by atoms with Gasteiger partial charge in [0, 0.05) is 19.5 Å². The molecule has 2 heterocycles. The van der Waals surface area contributed by atoms with Crippen molar-refractivity contribution in [1.29, 1.82) is 0 Å². The molecule has 0 aliphatic carbocycles. The van der Waals surface area contributed by atoms with Crippen molar-refractivity contribution in [3.8, 4) is 0 Å². The molecule has 0 bridgehead atoms. The van der Waals surface area contributed by atoms with Gasteiger partial charge in [0.2, 0.25) is 5.91 Å². The molecule has 0 saturated carbocycles. The summed E-state index contributed by atoms with van der Waals surface area (Å²) < 4.78 is 4.69. The Morgan fingerprint density at radius 3 is 3.14 bits per heavy atom. The van der Waals surface area contributed by atoms with Crippen LogP contribution in [0.15, 0.2) is 0 Å². The van der Waals surface area contributed by atoms with Crippen LogP contribution in [0.5, 0.6) is 0 Å². The van der Waals surface area contributed by atoms with Crippen LogP contribution in [0.4, 0.5) is 0 Å². The van der Waals surface area contributed by atoms with Gasteiger partial charge in [0.15, 0.2) is 0 Å². The lowest BCUT2D eigenvalue weighted by Crippen LogP contribution is -2.59. The van der Waals surface area contributed by atoms with E-state index in [1.807, 2.05) is 0 Å². The Hall–Kier alpha value is -1.10. The summed E-state index contributed by atoms with van der Waals surface area (Å²) in [7, 11) is 1.37. The molecule has 0 aromatic rings. The molecule has 1 amide bonds. The monoisotopic (exact) mass is 198 g/mol. The number of fused-ring (bicyclic) bond motifs is 1. The number of methoxy groups -OCH3 is 1. The molecule has 2 aliphatic heterocycles. The Bertz CT molecular complexity index is 267. The van der Waals surface area contributed by atoms with Gasteiger partial charge in [-0.2, -0.15) is 0 Å². The van der Waals surface area contributed by atoms with Crippen LogP contribution in [0.3, 0.4) is 0 Å². The van der Waals surface area contributed by atoms with Crippen LogP contribution in [-0.4, -0.2) is 49.1 Å². The number of esters is 1. The molecule has 2 rings (SSSR count). The first-order chi connectivity index (χ1) is 6.74. The highest BCUT2D eigenvalue weighted by Gasteiger charge is 2.42. The number of rotatable bonds is 1. The average Bonchev–Trinajstić information content (AvgIpc) is 2.59. The highest BCUT2D eigenvalue weighted by molar-refractivity contribution is 5.83. The van der Waals surface area contributed by atoms with Gasteiger partial charge in [-0.25, -0.2) is 0 Å². The molecule has 0 aromatic carbocycles. The zero-order chi connectivity index (χ0) is 10.1. The predicted octanol–water partition coefficient (Wildman–Crippen LogP) is -0.878. The van der Waals surface area contributed by atoms with E-state index in [0.717, 1.165) is 6.42 Å². The number of nitrogens with one attached hydrogen (secondary N) is 1. The molecule has 5 nitrogen and oxygen atoms in total. The maximum absolute atomic E-state index is 11.4. The van der Waals surface area contributed by atoms with Gasteiger partial charge < -0.3 is 15.0 Å². The SMILES string of the molecule is COC(=O)[C@@H]1NCCN2C(=O)CC[C@@H]12. The van der Waals surface area contributed by atoms with Crippen molar-refractivity contribution < 1.29 is 14.3 Å². The van der Waals surface area contributed by atoms with E-state index in [9.17, 15) is 9.59 Å². The highest BCUT2D eigenvalue weighted by atomic mass is 16.5. The molecular weight excluding hydrogens is 184 g/mol. The minimum atomic E-state index is -0.333. The van der Waals surface area contributed by atoms with Crippen LogP contribution in [0, 0.1) is 0 Å². The van der Waals surface area contributed by atoms with Crippen LogP contribution in [0.1, 0.15) is 12.8 Å². The van der Waals surface area contributed by atoms with E-state index < -0.39 is 0 Å². The molecule has 78 valence electrons. The normalized spacial score (nSPS) is 31.5. The van der Waals surface area contributed by atoms with Gasteiger partial charge in [-0.15, -0.1) is 0 Å². The highest BCUT2D eigenvalue weighted by Crippen LogP contribution is 2.23. The Morgan fingerprint density at radius 2 is 2.43 bits per heavy atom. The van der Waals surface area contributed by atoms with E-state index in [0.29, 0.717) is 19.5 Å². The van der Waals surface area contributed by atoms with E-state index in [2.05, 4.69) is 5.32 Å². The van der Waals surface area contributed by atoms with E-state index in [4.69, 9.17) is 4.74 Å². The summed E-state index contributed by atoms with van der Waals surface area (Å²) in [5, 5.41) is 3.09. The molecule has 2 aliphatic rings. The van der Waals surface area contributed by atoms with Crippen LogP contribution < -0.4 is 5.32 Å². The summed E-state index contributed by atoms with van der Waals surface area (Å²) in [4.78, 5) is 24.6. The van der Waals surface area contributed by atoms with Gasteiger partial charge in [0.1, 0.15) is 6.04 Å². The third-order valence-corrected chi connectivity index (χ3v) is 2.93. The molecule has 1 N–H and O–H groups in total. The number of ether oxygens (including phenoxy) is 1. The molecule has 0 aromatic heterocycles. The maximum atomic E-state index is 11.4. The molecule has 2 atom stereocenters. The van der Waals surface area contributed by atoms with Gasteiger partial charge in [0.05, 0.1) is 13.2 Å². The zero-order valence-electron chi connectivity index (χ0n) is 8.16. The first-order valence-corrected chi connectivity index (χ1v) is 4.84. The van der Waals surface area contributed by atoms with Gasteiger partial charge in [0.25, 0.3) is 0 Å². The van der Waals surface area contributed by atoms with Crippen molar-refractivity contribution in [2.45, 2.75) is 24.9 Å². The number of piperazine rings is 1. The van der Waals surface area contributed by atoms with E-state index in [1.165, 1.54) is 7.11 Å². The van der Waals surface area contributed by atoms with Gasteiger partial charge in [-0.05, 0) is 6.42 Å². The first-order valence-electron chi connectivity index (χ1n) is 4.84. The third kappa shape index (κ3) is 1.37. The van der Waals surface area contributed by atoms with Crippen molar-refractivity contribution in [2.24, 2.45) is 0 Å². The second-order valence-electron chi connectivity index (χ2n) is 3.65. The molecule has 14 heavy (non-hydrogen) atoms.